The number of thiazole rings is 1. The van der Waals surface area contributed by atoms with Gasteiger partial charge in [-0.25, -0.2) is 9.78 Å². The van der Waals surface area contributed by atoms with Crippen LogP contribution in [-0.4, -0.2) is 41.2 Å². The molecule has 2 N–H and O–H groups in total. The number of nitrogens with one attached hydrogen (secondary N) is 1. The van der Waals surface area contributed by atoms with Gasteiger partial charge in [-0.1, -0.05) is 0 Å². The highest BCUT2D eigenvalue weighted by molar-refractivity contribution is 7.13. The van der Waals surface area contributed by atoms with E-state index in [2.05, 4.69) is 10.3 Å². The molecule has 0 saturated heterocycles. The lowest BCUT2D eigenvalue weighted by atomic mass is 10.0. The minimum Gasteiger partial charge on any atom is -0.479 e. The number of rotatable bonds is 7. The van der Waals surface area contributed by atoms with Gasteiger partial charge in [0.15, 0.2) is 16.3 Å². The largest absolute Gasteiger partial charge is 0.479 e. The summed E-state index contributed by atoms with van der Waals surface area (Å²) in [6, 6.07) is 3.66. The van der Waals surface area contributed by atoms with Crippen LogP contribution in [0.2, 0.25) is 0 Å². The van der Waals surface area contributed by atoms with E-state index in [0.29, 0.717) is 16.5 Å². The molecule has 0 fully saturated rings. The molecule has 0 aliphatic rings. The van der Waals surface area contributed by atoms with Gasteiger partial charge in [-0.15, -0.1) is 11.3 Å². The average Bonchev–Trinajstić information content (AvgIpc) is 3.07. The number of carboxylic acids is 1. The van der Waals surface area contributed by atoms with Crippen molar-refractivity contribution in [3.63, 3.8) is 0 Å². The molecule has 1 unspecified atom stereocenters. The second-order valence-corrected chi connectivity index (χ2v) is 6.21. The molecule has 7 nitrogen and oxygen atoms in total. The first kappa shape index (κ1) is 17.2. The normalized spacial score (nSPS) is 13.5. The number of furan rings is 1. The summed E-state index contributed by atoms with van der Waals surface area (Å²) >= 11 is 1.37. The van der Waals surface area contributed by atoms with E-state index < -0.39 is 17.4 Å². The third kappa shape index (κ3) is 4.17. The molecule has 2 aromatic rings. The molecule has 124 valence electrons. The molecular formula is C15H18N2O5S. The molecule has 8 heteroatoms. The van der Waals surface area contributed by atoms with E-state index in [0.717, 1.165) is 5.76 Å². The summed E-state index contributed by atoms with van der Waals surface area (Å²) in [7, 11) is 1.38. The SMILES string of the molecule is COCC(C)(NC(=O)Cc1csc(-c2ccc(C)o2)n1)C(=O)O. The van der Waals surface area contributed by atoms with Crippen molar-refractivity contribution >= 4 is 23.2 Å². The number of nitrogens with zero attached hydrogens (tertiary/aromatic N) is 1. The monoisotopic (exact) mass is 338 g/mol. The third-order valence-corrected chi connectivity index (χ3v) is 4.07. The summed E-state index contributed by atoms with van der Waals surface area (Å²) in [5.41, 5.74) is -0.912. The van der Waals surface area contributed by atoms with E-state index >= 15 is 0 Å². The number of ether oxygens (including phenoxy) is 1. The molecule has 0 radical (unpaired) electrons. The Balaban J connectivity index is 2.03. The minimum atomic E-state index is -1.47. The number of hydrogen-bond donors (Lipinski definition) is 2. The van der Waals surface area contributed by atoms with E-state index in [-0.39, 0.29) is 13.0 Å². The standard InChI is InChI=1S/C15H18N2O5S/c1-9-4-5-11(22-9)13-16-10(7-23-13)6-12(18)17-15(2,8-21-3)14(19)20/h4-5,7H,6,8H2,1-3H3,(H,17,18)(H,19,20). The van der Waals surface area contributed by atoms with Gasteiger partial charge in [0.1, 0.15) is 5.76 Å². The van der Waals surface area contributed by atoms with Crippen LogP contribution < -0.4 is 5.32 Å². The first-order chi connectivity index (χ1) is 10.8. The van der Waals surface area contributed by atoms with Crippen molar-refractivity contribution in [1.29, 1.82) is 0 Å². The number of amides is 1. The molecule has 0 aliphatic heterocycles. The highest BCUT2D eigenvalue weighted by Gasteiger charge is 2.35. The van der Waals surface area contributed by atoms with Crippen LogP contribution in [0.3, 0.4) is 0 Å². The topological polar surface area (TPSA) is 102 Å². The summed E-state index contributed by atoms with van der Waals surface area (Å²) in [5.74, 6) is -0.155. The Morgan fingerprint density at radius 2 is 2.22 bits per heavy atom. The van der Waals surface area contributed by atoms with Gasteiger partial charge in [-0.05, 0) is 26.0 Å². The lowest BCUT2D eigenvalue weighted by Crippen LogP contribution is -2.55. The smallest absolute Gasteiger partial charge is 0.331 e. The fourth-order valence-electron chi connectivity index (χ4n) is 2.01. The van der Waals surface area contributed by atoms with Gasteiger partial charge in [-0.3, -0.25) is 4.79 Å². The first-order valence-corrected chi connectivity index (χ1v) is 7.76. The minimum absolute atomic E-state index is 0.0111. The van der Waals surface area contributed by atoms with Crippen LogP contribution in [-0.2, 0) is 20.7 Å². The van der Waals surface area contributed by atoms with Crippen LogP contribution in [0.5, 0.6) is 0 Å². The van der Waals surface area contributed by atoms with E-state index in [1.807, 2.05) is 19.1 Å². The Labute approximate surface area is 137 Å². The highest BCUT2D eigenvalue weighted by atomic mass is 32.1. The number of aryl methyl sites for hydroxylation is 1. The molecule has 2 aromatic heterocycles. The molecule has 0 aromatic carbocycles. The number of methoxy groups -OCH3 is 1. The molecule has 0 spiro atoms. The van der Waals surface area contributed by atoms with E-state index in [9.17, 15) is 14.7 Å². The summed E-state index contributed by atoms with van der Waals surface area (Å²) in [6.45, 7) is 3.12. The summed E-state index contributed by atoms with van der Waals surface area (Å²) in [6.07, 6.45) is -0.0111. The average molecular weight is 338 g/mol. The van der Waals surface area contributed by atoms with Crippen molar-refractivity contribution < 1.29 is 23.8 Å². The predicted molar refractivity (Wildman–Crippen MR) is 84.3 cm³/mol. The van der Waals surface area contributed by atoms with Gasteiger partial charge in [0, 0.05) is 12.5 Å². The Morgan fingerprint density at radius 3 is 2.78 bits per heavy atom. The Bertz CT molecular complexity index is 708. The van der Waals surface area contributed by atoms with Crippen LogP contribution in [0.4, 0.5) is 0 Å². The molecule has 23 heavy (non-hydrogen) atoms. The van der Waals surface area contributed by atoms with Crippen LogP contribution in [0.1, 0.15) is 18.4 Å². The van der Waals surface area contributed by atoms with Crippen molar-refractivity contribution in [2.24, 2.45) is 0 Å². The molecule has 0 bridgehead atoms. The first-order valence-electron chi connectivity index (χ1n) is 6.88. The van der Waals surface area contributed by atoms with Crippen LogP contribution >= 0.6 is 11.3 Å². The fraction of sp³-hybridized carbons (Fsp3) is 0.400. The van der Waals surface area contributed by atoms with Gasteiger partial charge in [0.05, 0.1) is 18.7 Å². The Kier molecular flexibility index (Phi) is 5.17. The highest BCUT2D eigenvalue weighted by Crippen LogP contribution is 2.25. The van der Waals surface area contributed by atoms with E-state index in [1.54, 1.807) is 5.38 Å². The van der Waals surface area contributed by atoms with Gasteiger partial charge in [0.2, 0.25) is 5.91 Å². The van der Waals surface area contributed by atoms with Gasteiger partial charge in [-0.2, -0.15) is 0 Å². The Hall–Kier alpha value is -2.19. The second kappa shape index (κ2) is 6.93. The van der Waals surface area contributed by atoms with E-state index in [4.69, 9.17) is 9.15 Å². The lowest BCUT2D eigenvalue weighted by Gasteiger charge is -2.25. The zero-order chi connectivity index (χ0) is 17.0. The van der Waals surface area contributed by atoms with Gasteiger partial charge in [0.25, 0.3) is 0 Å². The van der Waals surface area contributed by atoms with Crippen molar-refractivity contribution in [2.45, 2.75) is 25.8 Å². The summed E-state index contributed by atoms with van der Waals surface area (Å²) in [5, 5.41) is 14.1. The van der Waals surface area contributed by atoms with Gasteiger partial charge >= 0.3 is 5.97 Å². The summed E-state index contributed by atoms with van der Waals surface area (Å²) < 4.78 is 10.3. The zero-order valence-electron chi connectivity index (χ0n) is 13.1. The lowest BCUT2D eigenvalue weighted by molar-refractivity contribution is -0.149. The second-order valence-electron chi connectivity index (χ2n) is 5.35. The number of carbonyl (C=O) groups excluding carboxylic acids is 1. The van der Waals surface area contributed by atoms with Crippen LogP contribution in [0.25, 0.3) is 10.8 Å². The van der Waals surface area contributed by atoms with Crippen molar-refractivity contribution in [2.75, 3.05) is 13.7 Å². The maximum absolute atomic E-state index is 12.1. The predicted octanol–water partition coefficient (Wildman–Crippen LogP) is 1.86. The maximum atomic E-state index is 12.1. The molecule has 2 heterocycles. The fourth-order valence-corrected chi connectivity index (χ4v) is 2.79. The van der Waals surface area contributed by atoms with Crippen LogP contribution in [0.15, 0.2) is 21.9 Å². The van der Waals surface area contributed by atoms with E-state index in [1.165, 1.54) is 25.4 Å². The molecule has 0 aliphatic carbocycles. The van der Waals surface area contributed by atoms with Crippen molar-refractivity contribution in [3.05, 3.63) is 29.0 Å². The maximum Gasteiger partial charge on any atom is 0.331 e. The Morgan fingerprint density at radius 1 is 1.48 bits per heavy atom. The summed E-state index contributed by atoms with van der Waals surface area (Å²) in [4.78, 5) is 27.7. The quantitative estimate of drug-likeness (QED) is 0.799. The van der Waals surface area contributed by atoms with Crippen molar-refractivity contribution in [3.8, 4) is 10.8 Å². The van der Waals surface area contributed by atoms with Crippen LogP contribution in [0, 0.1) is 6.92 Å². The molecule has 1 atom stereocenters. The number of aromatic nitrogens is 1. The number of carboxylic acid groups (broad SMARTS) is 1. The number of aliphatic carboxylic acids is 1. The molecule has 1 amide bonds. The molecular weight excluding hydrogens is 320 g/mol. The zero-order valence-corrected chi connectivity index (χ0v) is 13.9. The third-order valence-electron chi connectivity index (χ3n) is 3.16. The number of hydrogen-bond acceptors (Lipinski definition) is 6. The molecule has 2 rings (SSSR count). The van der Waals surface area contributed by atoms with Gasteiger partial charge < -0.3 is 19.6 Å². The van der Waals surface area contributed by atoms with Crippen molar-refractivity contribution in [1.82, 2.24) is 10.3 Å². The number of carbonyl (C=O) groups is 2. The molecule has 0 saturated carbocycles.